The maximum Gasteiger partial charge on any atom is 0.410 e. The van der Waals surface area contributed by atoms with E-state index in [2.05, 4.69) is 0 Å². The van der Waals surface area contributed by atoms with Crippen molar-refractivity contribution < 1.29 is 28.9 Å². The van der Waals surface area contributed by atoms with Crippen molar-refractivity contribution in [2.75, 3.05) is 26.2 Å². The maximum atomic E-state index is 12.2. The lowest BCUT2D eigenvalue weighted by molar-refractivity contribution is -0.112. The minimum Gasteiger partial charge on any atom is -0.445 e. The van der Waals surface area contributed by atoms with E-state index >= 15 is 0 Å². The van der Waals surface area contributed by atoms with Gasteiger partial charge in [-0.3, -0.25) is 0 Å². The van der Waals surface area contributed by atoms with Crippen molar-refractivity contribution >= 4 is 12.2 Å². The second-order valence-electron chi connectivity index (χ2n) is 8.19. The van der Waals surface area contributed by atoms with Gasteiger partial charge < -0.3 is 29.1 Å². The minimum atomic E-state index is -0.778. The Hall–Kier alpha value is -2.32. The molecule has 0 saturated carbocycles. The summed E-state index contributed by atoms with van der Waals surface area (Å²) < 4.78 is 16.5. The van der Waals surface area contributed by atoms with Crippen LogP contribution in [-0.2, 0) is 20.8 Å². The Bertz CT molecular complexity index is 684. The van der Waals surface area contributed by atoms with Crippen molar-refractivity contribution in [2.24, 2.45) is 0 Å². The molecule has 154 valence electrons. The molecule has 0 radical (unpaired) electrons. The third kappa shape index (κ3) is 5.36. The fourth-order valence-corrected chi connectivity index (χ4v) is 3.10. The molecule has 0 bridgehead atoms. The Morgan fingerprint density at radius 3 is 2.32 bits per heavy atom. The SMILES string of the molecule is CC(C)(C)OC(=O)N1CC(O[C@H]2CN(C(=O)OCc3ccccc3)C[C@@H]2O)C1. The van der Waals surface area contributed by atoms with Gasteiger partial charge in [0.2, 0.25) is 0 Å². The van der Waals surface area contributed by atoms with Crippen molar-refractivity contribution in [3.05, 3.63) is 35.9 Å². The summed E-state index contributed by atoms with van der Waals surface area (Å²) in [4.78, 5) is 27.2. The number of hydrogen-bond donors (Lipinski definition) is 1. The summed E-state index contributed by atoms with van der Waals surface area (Å²) in [7, 11) is 0. The zero-order chi connectivity index (χ0) is 20.3. The van der Waals surface area contributed by atoms with Crippen LogP contribution in [0.1, 0.15) is 26.3 Å². The first kappa shape index (κ1) is 20.4. The van der Waals surface area contributed by atoms with E-state index in [1.807, 2.05) is 51.1 Å². The van der Waals surface area contributed by atoms with Crippen molar-refractivity contribution in [1.29, 1.82) is 0 Å². The number of amides is 2. The van der Waals surface area contributed by atoms with Crippen LogP contribution in [0.15, 0.2) is 30.3 Å². The van der Waals surface area contributed by atoms with Gasteiger partial charge in [-0.05, 0) is 26.3 Å². The van der Waals surface area contributed by atoms with Crippen molar-refractivity contribution in [2.45, 2.75) is 51.3 Å². The number of β-amino-alcohol motifs (C(OH)–C–C–N with tert-alkyl or cyclic N) is 1. The molecule has 1 N–H and O–H groups in total. The van der Waals surface area contributed by atoms with Gasteiger partial charge >= 0.3 is 12.2 Å². The van der Waals surface area contributed by atoms with Crippen LogP contribution in [0.4, 0.5) is 9.59 Å². The molecule has 1 aromatic rings. The van der Waals surface area contributed by atoms with Gasteiger partial charge in [-0.2, -0.15) is 0 Å². The van der Waals surface area contributed by atoms with Crippen LogP contribution >= 0.6 is 0 Å². The molecule has 0 aliphatic carbocycles. The molecule has 2 saturated heterocycles. The van der Waals surface area contributed by atoms with Gasteiger partial charge in [0.15, 0.2) is 0 Å². The van der Waals surface area contributed by atoms with Gasteiger partial charge in [0.05, 0.1) is 38.4 Å². The van der Waals surface area contributed by atoms with Gasteiger partial charge in [0.25, 0.3) is 0 Å². The van der Waals surface area contributed by atoms with Gasteiger partial charge in [0, 0.05) is 0 Å². The number of rotatable bonds is 4. The second-order valence-corrected chi connectivity index (χ2v) is 8.19. The van der Waals surface area contributed by atoms with Crippen LogP contribution < -0.4 is 0 Å². The maximum absolute atomic E-state index is 12.2. The Kier molecular flexibility index (Phi) is 6.10. The van der Waals surface area contributed by atoms with Gasteiger partial charge in [-0.1, -0.05) is 30.3 Å². The molecule has 3 rings (SSSR count). The van der Waals surface area contributed by atoms with Gasteiger partial charge in [-0.25, -0.2) is 9.59 Å². The molecule has 2 heterocycles. The molecule has 1 aromatic carbocycles. The van der Waals surface area contributed by atoms with E-state index in [0.29, 0.717) is 13.1 Å². The topological polar surface area (TPSA) is 88.5 Å². The highest BCUT2D eigenvalue weighted by molar-refractivity contribution is 5.69. The summed E-state index contributed by atoms with van der Waals surface area (Å²) in [6.45, 7) is 6.90. The lowest BCUT2D eigenvalue weighted by atomic mass is 10.1. The summed E-state index contributed by atoms with van der Waals surface area (Å²) in [6.07, 6.45) is -2.29. The van der Waals surface area contributed by atoms with E-state index < -0.39 is 23.9 Å². The van der Waals surface area contributed by atoms with Crippen molar-refractivity contribution in [3.8, 4) is 0 Å². The van der Waals surface area contributed by atoms with Crippen LogP contribution in [0.5, 0.6) is 0 Å². The largest absolute Gasteiger partial charge is 0.445 e. The Labute approximate surface area is 165 Å². The zero-order valence-electron chi connectivity index (χ0n) is 16.5. The lowest BCUT2D eigenvalue weighted by Crippen LogP contribution is -2.57. The lowest BCUT2D eigenvalue weighted by Gasteiger charge is -2.40. The first-order valence-corrected chi connectivity index (χ1v) is 9.48. The molecular formula is C20H28N2O6. The fourth-order valence-electron chi connectivity index (χ4n) is 3.10. The summed E-state index contributed by atoms with van der Waals surface area (Å²) in [5.41, 5.74) is 0.366. The number of carbonyl (C=O) groups excluding carboxylic acids is 2. The van der Waals surface area contributed by atoms with Crippen LogP contribution in [0.25, 0.3) is 0 Å². The van der Waals surface area contributed by atoms with E-state index in [4.69, 9.17) is 14.2 Å². The summed E-state index contributed by atoms with van der Waals surface area (Å²) in [5, 5.41) is 10.2. The van der Waals surface area contributed by atoms with E-state index in [-0.39, 0.29) is 31.9 Å². The normalized spacial score (nSPS) is 22.7. The first-order chi connectivity index (χ1) is 13.2. The second kappa shape index (κ2) is 8.36. The molecule has 0 unspecified atom stereocenters. The molecule has 8 heteroatoms. The fraction of sp³-hybridized carbons (Fsp3) is 0.600. The number of hydrogen-bond acceptors (Lipinski definition) is 6. The monoisotopic (exact) mass is 392 g/mol. The van der Waals surface area contributed by atoms with Crippen molar-refractivity contribution in [1.82, 2.24) is 9.80 Å². The Morgan fingerprint density at radius 1 is 1.04 bits per heavy atom. The smallest absolute Gasteiger partial charge is 0.410 e. The molecule has 2 amide bonds. The number of likely N-dealkylation sites (tertiary alicyclic amines) is 2. The average molecular weight is 392 g/mol. The number of carbonyl (C=O) groups is 2. The molecular weight excluding hydrogens is 364 g/mol. The highest BCUT2D eigenvalue weighted by atomic mass is 16.6. The van der Waals surface area contributed by atoms with E-state index in [1.165, 1.54) is 4.90 Å². The number of ether oxygens (including phenoxy) is 3. The highest BCUT2D eigenvalue weighted by Gasteiger charge is 2.41. The standard InChI is InChI=1S/C20H28N2O6/c1-20(2,3)28-19(25)21-9-15(10-21)27-17-12-22(11-16(17)23)18(24)26-13-14-7-5-4-6-8-14/h4-8,15-17,23H,9-13H2,1-3H3/t16-,17-/m0/s1. The molecule has 28 heavy (non-hydrogen) atoms. The van der Waals surface area contributed by atoms with E-state index in [9.17, 15) is 14.7 Å². The quantitative estimate of drug-likeness (QED) is 0.843. The predicted molar refractivity (Wildman–Crippen MR) is 101 cm³/mol. The Balaban J connectivity index is 1.40. The third-order valence-electron chi connectivity index (χ3n) is 4.57. The minimum absolute atomic E-state index is 0.167. The average Bonchev–Trinajstić information content (AvgIpc) is 2.95. The van der Waals surface area contributed by atoms with Gasteiger partial charge in [-0.15, -0.1) is 0 Å². The van der Waals surface area contributed by atoms with Crippen LogP contribution in [0.2, 0.25) is 0 Å². The highest BCUT2D eigenvalue weighted by Crippen LogP contribution is 2.22. The van der Waals surface area contributed by atoms with Gasteiger partial charge in [0.1, 0.15) is 18.3 Å². The van der Waals surface area contributed by atoms with Crippen LogP contribution in [0, 0.1) is 0 Å². The number of aliphatic hydroxyl groups excluding tert-OH is 1. The Morgan fingerprint density at radius 2 is 1.68 bits per heavy atom. The van der Waals surface area contributed by atoms with E-state index in [1.54, 1.807) is 4.90 Å². The van der Waals surface area contributed by atoms with Crippen LogP contribution in [0.3, 0.4) is 0 Å². The molecule has 8 nitrogen and oxygen atoms in total. The van der Waals surface area contributed by atoms with Crippen molar-refractivity contribution in [3.63, 3.8) is 0 Å². The summed E-state index contributed by atoms with van der Waals surface area (Å²) in [5.74, 6) is 0. The number of benzene rings is 1. The molecule has 2 aliphatic heterocycles. The molecule has 2 atom stereocenters. The third-order valence-corrected chi connectivity index (χ3v) is 4.57. The zero-order valence-corrected chi connectivity index (χ0v) is 16.5. The first-order valence-electron chi connectivity index (χ1n) is 9.48. The molecule has 0 aromatic heterocycles. The number of nitrogens with zero attached hydrogens (tertiary/aromatic N) is 2. The molecule has 2 fully saturated rings. The summed E-state index contributed by atoms with van der Waals surface area (Å²) >= 11 is 0. The number of aliphatic hydroxyl groups is 1. The van der Waals surface area contributed by atoms with Crippen LogP contribution in [-0.4, -0.2) is 77.2 Å². The molecule has 2 aliphatic rings. The predicted octanol–water partition coefficient (Wildman–Crippen LogP) is 2.00. The summed E-state index contributed by atoms with van der Waals surface area (Å²) in [6, 6.07) is 9.42. The molecule has 0 spiro atoms. The van der Waals surface area contributed by atoms with E-state index in [0.717, 1.165) is 5.56 Å².